The SMILES string of the molecule is Cc1nn(-c2ccc([N+](=O)[O-])cc2[N+](=O)[O-])c(C)c1Br. The smallest absolute Gasteiger partial charge is 0.258 e. The maximum Gasteiger partial charge on any atom is 0.301 e. The Morgan fingerprint density at radius 3 is 2.30 bits per heavy atom. The quantitative estimate of drug-likeness (QED) is 0.630. The lowest BCUT2D eigenvalue weighted by molar-refractivity contribution is -0.394. The average Bonchev–Trinajstić information content (AvgIpc) is 2.65. The van der Waals surface area contributed by atoms with Crippen molar-refractivity contribution in [3.05, 3.63) is 54.3 Å². The molecule has 8 nitrogen and oxygen atoms in total. The van der Waals surface area contributed by atoms with Gasteiger partial charge in [-0.2, -0.15) is 5.10 Å². The van der Waals surface area contributed by atoms with Crippen molar-refractivity contribution in [2.75, 3.05) is 0 Å². The molecule has 0 unspecified atom stereocenters. The fourth-order valence-electron chi connectivity index (χ4n) is 1.81. The van der Waals surface area contributed by atoms with E-state index >= 15 is 0 Å². The van der Waals surface area contributed by atoms with Gasteiger partial charge in [0, 0.05) is 6.07 Å². The molecular weight excluding hydrogens is 332 g/mol. The zero-order valence-corrected chi connectivity index (χ0v) is 12.1. The molecule has 0 aliphatic heterocycles. The summed E-state index contributed by atoms with van der Waals surface area (Å²) in [5.74, 6) is 0. The third-order valence-corrected chi connectivity index (χ3v) is 3.95. The van der Waals surface area contributed by atoms with Crippen molar-refractivity contribution < 1.29 is 9.85 Å². The van der Waals surface area contributed by atoms with Gasteiger partial charge in [-0.3, -0.25) is 20.2 Å². The Labute approximate surface area is 121 Å². The fraction of sp³-hybridized carbons (Fsp3) is 0.182. The molecule has 20 heavy (non-hydrogen) atoms. The first-order chi connectivity index (χ1) is 9.32. The van der Waals surface area contributed by atoms with E-state index in [0.29, 0.717) is 11.4 Å². The van der Waals surface area contributed by atoms with E-state index in [-0.39, 0.29) is 17.1 Å². The number of hydrogen-bond acceptors (Lipinski definition) is 5. The Morgan fingerprint density at radius 1 is 1.20 bits per heavy atom. The summed E-state index contributed by atoms with van der Waals surface area (Å²) in [6.07, 6.45) is 0. The van der Waals surface area contributed by atoms with E-state index in [1.807, 2.05) is 0 Å². The highest BCUT2D eigenvalue weighted by molar-refractivity contribution is 9.10. The monoisotopic (exact) mass is 340 g/mol. The minimum absolute atomic E-state index is 0.187. The summed E-state index contributed by atoms with van der Waals surface area (Å²) >= 11 is 3.34. The van der Waals surface area contributed by atoms with Gasteiger partial charge in [0.15, 0.2) is 0 Å². The molecule has 0 aliphatic rings. The zero-order valence-electron chi connectivity index (χ0n) is 10.5. The molecule has 9 heteroatoms. The fourth-order valence-corrected chi connectivity index (χ4v) is 2.06. The Morgan fingerprint density at radius 2 is 1.85 bits per heavy atom. The molecule has 0 amide bonds. The second-order valence-electron chi connectivity index (χ2n) is 4.08. The lowest BCUT2D eigenvalue weighted by Gasteiger charge is -2.05. The largest absolute Gasteiger partial charge is 0.301 e. The van der Waals surface area contributed by atoms with Crippen molar-refractivity contribution in [2.24, 2.45) is 0 Å². The van der Waals surface area contributed by atoms with Crippen molar-refractivity contribution in [1.29, 1.82) is 0 Å². The summed E-state index contributed by atoms with van der Waals surface area (Å²) in [6, 6.07) is 3.47. The van der Waals surface area contributed by atoms with Crippen LogP contribution in [0.1, 0.15) is 11.4 Å². The van der Waals surface area contributed by atoms with Gasteiger partial charge >= 0.3 is 5.69 Å². The van der Waals surface area contributed by atoms with Crippen LogP contribution in [0.25, 0.3) is 5.69 Å². The summed E-state index contributed by atoms with van der Waals surface area (Å²) in [5, 5.41) is 26.0. The van der Waals surface area contributed by atoms with Crippen LogP contribution in [0.3, 0.4) is 0 Å². The Kier molecular flexibility index (Phi) is 3.53. The van der Waals surface area contributed by atoms with Gasteiger partial charge in [0.05, 0.1) is 31.8 Å². The predicted octanol–water partition coefficient (Wildman–Crippen LogP) is 3.07. The molecule has 0 N–H and O–H groups in total. The van der Waals surface area contributed by atoms with E-state index in [4.69, 9.17) is 0 Å². The minimum Gasteiger partial charge on any atom is -0.258 e. The average molecular weight is 341 g/mol. The Bertz CT molecular complexity index is 725. The van der Waals surface area contributed by atoms with E-state index < -0.39 is 9.85 Å². The molecule has 1 heterocycles. The van der Waals surface area contributed by atoms with Gasteiger partial charge in [-0.25, -0.2) is 4.68 Å². The van der Waals surface area contributed by atoms with Crippen molar-refractivity contribution >= 4 is 27.3 Å². The van der Waals surface area contributed by atoms with Crippen LogP contribution < -0.4 is 0 Å². The standard InChI is InChI=1S/C11H9BrN4O4/c1-6-11(12)7(2)14(13-6)9-4-3-8(15(17)18)5-10(9)16(19)20/h3-5H,1-2H3. The van der Waals surface area contributed by atoms with Crippen LogP contribution in [-0.2, 0) is 0 Å². The minimum atomic E-state index is -0.673. The molecule has 0 bridgehead atoms. The van der Waals surface area contributed by atoms with Crippen LogP contribution in [0.4, 0.5) is 11.4 Å². The number of aryl methyl sites for hydroxylation is 1. The molecule has 0 aliphatic carbocycles. The van der Waals surface area contributed by atoms with Crippen molar-refractivity contribution in [1.82, 2.24) is 9.78 Å². The topological polar surface area (TPSA) is 104 Å². The molecule has 2 aromatic rings. The molecule has 0 atom stereocenters. The molecular formula is C11H9BrN4O4. The molecule has 2 rings (SSSR count). The molecule has 0 fully saturated rings. The molecule has 104 valence electrons. The normalized spacial score (nSPS) is 10.6. The number of nitro benzene ring substituents is 2. The number of rotatable bonds is 3. The first-order valence-corrected chi connectivity index (χ1v) is 6.27. The van der Waals surface area contributed by atoms with Crippen LogP contribution in [0.5, 0.6) is 0 Å². The molecule has 0 saturated heterocycles. The number of nitro groups is 2. The zero-order chi connectivity index (χ0) is 15.0. The lowest BCUT2D eigenvalue weighted by atomic mass is 10.2. The predicted molar refractivity (Wildman–Crippen MR) is 74.0 cm³/mol. The number of benzene rings is 1. The van der Waals surface area contributed by atoms with E-state index in [2.05, 4.69) is 21.0 Å². The summed E-state index contributed by atoms with van der Waals surface area (Å²) in [4.78, 5) is 20.5. The molecule has 0 radical (unpaired) electrons. The van der Waals surface area contributed by atoms with E-state index in [9.17, 15) is 20.2 Å². The molecule has 1 aromatic carbocycles. The highest BCUT2D eigenvalue weighted by Gasteiger charge is 2.23. The second kappa shape index (κ2) is 5.00. The first kappa shape index (κ1) is 14.1. The van der Waals surface area contributed by atoms with E-state index in [1.165, 1.54) is 16.8 Å². The number of hydrogen-bond donors (Lipinski definition) is 0. The third-order valence-electron chi connectivity index (χ3n) is 2.80. The van der Waals surface area contributed by atoms with Crippen LogP contribution in [0.2, 0.25) is 0 Å². The first-order valence-electron chi connectivity index (χ1n) is 5.48. The van der Waals surface area contributed by atoms with Crippen molar-refractivity contribution in [3.63, 3.8) is 0 Å². The lowest BCUT2D eigenvalue weighted by Crippen LogP contribution is -2.04. The maximum absolute atomic E-state index is 11.1. The van der Waals surface area contributed by atoms with Gasteiger partial charge in [-0.15, -0.1) is 0 Å². The van der Waals surface area contributed by atoms with Gasteiger partial charge < -0.3 is 0 Å². The van der Waals surface area contributed by atoms with E-state index in [0.717, 1.165) is 10.5 Å². The molecule has 0 spiro atoms. The van der Waals surface area contributed by atoms with Gasteiger partial charge in [0.1, 0.15) is 5.69 Å². The number of non-ortho nitro benzene ring substituents is 1. The highest BCUT2D eigenvalue weighted by Crippen LogP contribution is 2.30. The van der Waals surface area contributed by atoms with Gasteiger partial charge in [-0.05, 0) is 35.8 Å². The third kappa shape index (κ3) is 2.27. The molecule has 0 saturated carbocycles. The van der Waals surface area contributed by atoms with Crippen LogP contribution >= 0.6 is 15.9 Å². The van der Waals surface area contributed by atoms with Crippen LogP contribution in [-0.4, -0.2) is 19.6 Å². The Hall–Kier alpha value is -2.29. The summed E-state index contributed by atoms with van der Waals surface area (Å²) < 4.78 is 2.13. The van der Waals surface area contributed by atoms with E-state index in [1.54, 1.807) is 13.8 Å². The van der Waals surface area contributed by atoms with Crippen molar-refractivity contribution in [2.45, 2.75) is 13.8 Å². The number of halogens is 1. The van der Waals surface area contributed by atoms with Crippen molar-refractivity contribution in [3.8, 4) is 5.69 Å². The number of nitrogens with zero attached hydrogens (tertiary/aromatic N) is 4. The van der Waals surface area contributed by atoms with Gasteiger partial charge in [0.25, 0.3) is 5.69 Å². The van der Waals surface area contributed by atoms with Gasteiger partial charge in [0.2, 0.25) is 0 Å². The summed E-state index contributed by atoms with van der Waals surface area (Å²) in [7, 11) is 0. The molecule has 1 aromatic heterocycles. The highest BCUT2D eigenvalue weighted by atomic mass is 79.9. The number of aromatic nitrogens is 2. The van der Waals surface area contributed by atoms with Crippen LogP contribution in [0, 0.1) is 34.1 Å². The van der Waals surface area contributed by atoms with Gasteiger partial charge in [-0.1, -0.05) is 0 Å². The Balaban J connectivity index is 2.70. The van der Waals surface area contributed by atoms with Crippen LogP contribution in [0.15, 0.2) is 22.7 Å². The summed E-state index contributed by atoms with van der Waals surface area (Å²) in [6.45, 7) is 3.50. The second-order valence-corrected chi connectivity index (χ2v) is 4.88. The maximum atomic E-state index is 11.1. The summed E-state index contributed by atoms with van der Waals surface area (Å²) in [5.41, 5.74) is 0.847.